The number of nitrogens with zero attached hydrogens (tertiary/aromatic N) is 3. The van der Waals surface area contributed by atoms with Crippen LogP contribution < -0.4 is 20.4 Å². The number of hydrogen-bond donors (Lipinski definition) is 2. The number of piperazine rings is 1. The summed E-state index contributed by atoms with van der Waals surface area (Å²) in [7, 11) is 0. The van der Waals surface area contributed by atoms with Gasteiger partial charge in [0.25, 0.3) is 0 Å². The van der Waals surface area contributed by atoms with Gasteiger partial charge in [0.15, 0.2) is 0 Å². The van der Waals surface area contributed by atoms with Crippen molar-refractivity contribution in [2.45, 2.75) is 46.5 Å². The highest BCUT2D eigenvalue weighted by Gasteiger charge is 2.26. The fourth-order valence-electron chi connectivity index (χ4n) is 5.08. The summed E-state index contributed by atoms with van der Waals surface area (Å²) < 4.78 is 0. The van der Waals surface area contributed by atoms with Crippen molar-refractivity contribution in [2.24, 2.45) is 10.9 Å². The van der Waals surface area contributed by atoms with Gasteiger partial charge in [0.2, 0.25) is 0 Å². The number of rotatable bonds is 13. The van der Waals surface area contributed by atoms with Gasteiger partial charge in [-0.15, -0.1) is 0 Å². The van der Waals surface area contributed by atoms with E-state index in [0.29, 0.717) is 5.92 Å². The van der Waals surface area contributed by atoms with Crippen molar-refractivity contribution >= 4 is 28.5 Å². The standard InChI is InChI=1S/C34H45N5/c1-7-10-19-35-26(5)29-17-18-34(39-22-20-38(21-23-39)33-14-12-11-13-25(33)4)32(24-29)36-27(6)30(8-2)37-31(9-3)28-15-16-28/h8-9,11-14,17-18,24,28,35-36H,3,5-7,10,15-16,19-23H2,1-2,4H3/b30-8-,37-31?. The van der Waals surface area contributed by atoms with Crippen molar-refractivity contribution in [3.8, 4) is 0 Å². The Morgan fingerprint density at radius 1 is 1.03 bits per heavy atom. The third-order valence-corrected chi connectivity index (χ3v) is 7.61. The Balaban J connectivity index is 1.56. The number of nitrogens with one attached hydrogen (secondary N) is 2. The van der Waals surface area contributed by atoms with Crippen LogP contribution in [0.25, 0.3) is 5.70 Å². The average Bonchev–Trinajstić information content (AvgIpc) is 3.80. The summed E-state index contributed by atoms with van der Waals surface area (Å²) >= 11 is 0. The van der Waals surface area contributed by atoms with Crippen LogP contribution in [0.1, 0.15) is 50.7 Å². The van der Waals surface area contributed by atoms with E-state index < -0.39 is 0 Å². The van der Waals surface area contributed by atoms with Gasteiger partial charge in [0.05, 0.1) is 22.8 Å². The van der Waals surface area contributed by atoms with E-state index in [2.05, 4.69) is 96.5 Å². The lowest BCUT2D eigenvalue weighted by molar-refractivity contribution is 0.653. The van der Waals surface area contributed by atoms with Gasteiger partial charge in [-0.3, -0.25) is 4.99 Å². The predicted octanol–water partition coefficient (Wildman–Crippen LogP) is 7.55. The largest absolute Gasteiger partial charge is 0.385 e. The third-order valence-electron chi connectivity index (χ3n) is 7.61. The number of hydrogen-bond acceptors (Lipinski definition) is 5. The molecule has 2 aliphatic rings. The van der Waals surface area contributed by atoms with Gasteiger partial charge in [0.1, 0.15) is 0 Å². The molecule has 39 heavy (non-hydrogen) atoms. The van der Waals surface area contributed by atoms with Crippen LogP contribution in [0.15, 0.2) is 90.7 Å². The maximum Gasteiger partial charge on any atom is 0.0819 e. The number of allylic oxidation sites excluding steroid dienone is 2. The van der Waals surface area contributed by atoms with Gasteiger partial charge in [0, 0.05) is 55.7 Å². The van der Waals surface area contributed by atoms with Crippen LogP contribution in [-0.4, -0.2) is 38.4 Å². The van der Waals surface area contributed by atoms with Crippen molar-refractivity contribution in [2.75, 3.05) is 47.8 Å². The Labute approximate surface area is 235 Å². The summed E-state index contributed by atoms with van der Waals surface area (Å²) in [5, 5.41) is 7.12. The maximum atomic E-state index is 4.92. The molecule has 1 saturated heterocycles. The van der Waals surface area contributed by atoms with E-state index in [-0.39, 0.29) is 0 Å². The van der Waals surface area contributed by atoms with Crippen LogP contribution in [-0.2, 0) is 0 Å². The summed E-state index contributed by atoms with van der Waals surface area (Å²) in [6.45, 7) is 23.9. The highest BCUT2D eigenvalue weighted by Crippen LogP contribution is 2.34. The molecule has 2 aromatic carbocycles. The molecule has 206 valence electrons. The topological polar surface area (TPSA) is 42.9 Å². The summed E-state index contributed by atoms with van der Waals surface area (Å²) in [6.07, 6.45) is 8.57. The van der Waals surface area contributed by atoms with Crippen LogP contribution in [0, 0.1) is 12.8 Å². The van der Waals surface area contributed by atoms with Gasteiger partial charge < -0.3 is 20.4 Å². The second-order valence-electron chi connectivity index (χ2n) is 10.5. The van der Waals surface area contributed by atoms with E-state index in [1.807, 2.05) is 19.1 Å². The zero-order valence-corrected chi connectivity index (χ0v) is 24.1. The molecule has 5 nitrogen and oxygen atoms in total. The molecule has 0 bridgehead atoms. The molecule has 0 spiro atoms. The molecule has 2 fully saturated rings. The molecule has 0 radical (unpaired) electrons. The van der Waals surface area contributed by atoms with E-state index in [0.717, 1.165) is 79.6 Å². The lowest BCUT2D eigenvalue weighted by Crippen LogP contribution is -2.47. The van der Waals surface area contributed by atoms with Crippen LogP contribution in [0.3, 0.4) is 0 Å². The van der Waals surface area contributed by atoms with Crippen molar-refractivity contribution in [3.05, 3.63) is 96.9 Å². The van der Waals surface area contributed by atoms with Crippen molar-refractivity contribution in [1.82, 2.24) is 5.32 Å². The highest BCUT2D eigenvalue weighted by atomic mass is 15.3. The van der Waals surface area contributed by atoms with Gasteiger partial charge in [-0.05, 0) is 68.5 Å². The van der Waals surface area contributed by atoms with E-state index in [4.69, 9.17) is 4.99 Å². The molecule has 2 aromatic rings. The maximum absolute atomic E-state index is 4.92. The van der Waals surface area contributed by atoms with Gasteiger partial charge >= 0.3 is 0 Å². The van der Waals surface area contributed by atoms with Gasteiger partial charge in [-0.1, -0.05) is 63.4 Å². The van der Waals surface area contributed by atoms with Gasteiger partial charge in [-0.25, -0.2) is 0 Å². The molecular weight excluding hydrogens is 478 g/mol. The number of para-hydroxylation sites is 1. The SMILES string of the molecule is C=CC(=N/C(=C\C)C(=C)Nc1cc(C(=C)NCCCC)ccc1N1CCN(c2ccccc2C)CC1)C1CC1. The second kappa shape index (κ2) is 13.4. The molecule has 2 N–H and O–H groups in total. The zero-order valence-electron chi connectivity index (χ0n) is 24.1. The highest BCUT2D eigenvalue weighted by molar-refractivity contribution is 5.99. The molecule has 0 amide bonds. The summed E-state index contributed by atoms with van der Waals surface area (Å²) in [5.74, 6) is 0.534. The monoisotopic (exact) mass is 523 g/mol. The first-order valence-electron chi connectivity index (χ1n) is 14.4. The molecule has 0 aromatic heterocycles. The number of aryl methyl sites for hydroxylation is 1. The number of aliphatic imine (C=N–C) groups is 1. The summed E-state index contributed by atoms with van der Waals surface area (Å²) in [6, 6.07) is 15.3. The minimum Gasteiger partial charge on any atom is -0.385 e. The average molecular weight is 524 g/mol. The second-order valence-corrected chi connectivity index (χ2v) is 10.5. The predicted molar refractivity (Wildman–Crippen MR) is 171 cm³/mol. The fourth-order valence-corrected chi connectivity index (χ4v) is 5.08. The van der Waals surface area contributed by atoms with Crippen molar-refractivity contribution in [3.63, 3.8) is 0 Å². The Kier molecular flexibility index (Phi) is 9.69. The molecule has 0 atom stereocenters. The van der Waals surface area contributed by atoms with E-state index in [1.54, 1.807) is 0 Å². The normalized spacial score (nSPS) is 16.2. The van der Waals surface area contributed by atoms with Crippen LogP contribution in [0.2, 0.25) is 0 Å². The molecule has 4 rings (SSSR count). The van der Waals surface area contributed by atoms with Crippen molar-refractivity contribution < 1.29 is 0 Å². The van der Waals surface area contributed by atoms with E-state index >= 15 is 0 Å². The number of anilines is 3. The molecule has 0 unspecified atom stereocenters. The molecule has 1 heterocycles. The Morgan fingerprint density at radius 3 is 2.33 bits per heavy atom. The zero-order chi connectivity index (χ0) is 27.8. The van der Waals surface area contributed by atoms with E-state index in [1.165, 1.54) is 29.8 Å². The number of benzene rings is 2. The first kappa shape index (κ1) is 28.3. The number of unbranched alkanes of at least 4 members (excludes halogenated alkanes) is 1. The van der Waals surface area contributed by atoms with Crippen molar-refractivity contribution in [1.29, 1.82) is 0 Å². The van der Waals surface area contributed by atoms with Gasteiger partial charge in [-0.2, -0.15) is 0 Å². The summed E-state index contributed by atoms with van der Waals surface area (Å²) in [5.41, 5.74) is 9.60. The smallest absolute Gasteiger partial charge is 0.0819 e. The minimum absolute atomic E-state index is 0.534. The quantitative estimate of drug-likeness (QED) is 0.162. The third kappa shape index (κ3) is 7.23. The first-order chi connectivity index (χ1) is 18.9. The van der Waals surface area contributed by atoms with Crippen LogP contribution in [0.5, 0.6) is 0 Å². The minimum atomic E-state index is 0.534. The van der Waals surface area contributed by atoms with Crippen LogP contribution >= 0.6 is 0 Å². The lowest BCUT2D eigenvalue weighted by atomic mass is 10.1. The Hall–Kier alpha value is -3.73. The van der Waals surface area contributed by atoms with Crippen LogP contribution in [0.4, 0.5) is 17.1 Å². The van der Waals surface area contributed by atoms with E-state index in [9.17, 15) is 0 Å². The first-order valence-corrected chi connectivity index (χ1v) is 14.4. The Bertz CT molecular complexity index is 1240. The molecule has 1 saturated carbocycles. The summed E-state index contributed by atoms with van der Waals surface area (Å²) in [4.78, 5) is 9.88. The molecule has 1 aliphatic heterocycles. The molecule has 1 aliphatic carbocycles. The lowest BCUT2D eigenvalue weighted by Gasteiger charge is -2.39. The molecule has 5 heteroatoms. The Morgan fingerprint density at radius 2 is 1.72 bits per heavy atom. The molecular formula is C34H45N5. The fraction of sp³-hybridized carbons (Fsp3) is 0.382.